The van der Waals surface area contributed by atoms with Crippen molar-refractivity contribution in [3.8, 4) is 5.75 Å². The van der Waals surface area contributed by atoms with Crippen molar-refractivity contribution in [1.29, 1.82) is 0 Å². The Kier molecular flexibility index (Phi) is 5.92. The molecule has 0 N–H and O–H groups in total. The van der Waals surface area contributed by atoms with Gasteiger partial charge in [-0.05, 0) is 53.3 Å². The number of alkyl halides is 3. The van der Waals surface area contributed by atoms with Gasteiger partial charge in [0, 0.05) is 26.8 Å². The third-order valence-electron chi connectivity index (χ3n) is 6.11. The average Bonchev–Trinajstić information content (AvgIpc) is 3.25. The molecule has 1 amide bonds. The van der Waals surface area contributed by atoms with E-state index in [4.69, 9.17) is 9.47 Å². The van der Waals surface area contributed by atoms with Gasteiger partial charge in [0.2, 0.25) is 0 Å². The van der Waals surface area contributed by atoms with Gasteiger partial charge in [-0.15, -0.1) is 0 Å². The molecule has 2 heterocycles. The number of carbonyl (C=O) groups is 1. The van der Waals surface area contributed by atoms with Crippen LogP contribution in [0.4, 0.5) is 13.2 Å². The van der Waals surface area contributed by atoms with E-state index >= 15 is 0 Å². The second kappa shape index (κ2) is 8.55. The fraction of sp³-hybridized carbons (Fsp3) is 0.333. The molecule has 9 heteroatoms. The van der Waals surface area contributed by atoms with E-state index in [1.165, 1.54) is 13.2 Å². The Labute approximate surface area is 188 Å². The highest BCUT2D eigenvalue weighted by Crippen LogP contribution is 2.38. The van der Waals surface area contributed by atoms with Gasteiger partial charge in [-0.1, -0.05) is 18.2 Å². The maximum atomic E-state index is 12.9. The molecule has 2 aromatic carbocycles. The Bertz CT molecular complexity index is 1250. The first-order valence-electron chi connectivity index (χ1n) is 10.4. The molecule has 1 unspecified atom stereocenters. The molecule has 0 spiro atoms. The minimum absolute atomic E-state index is 0.0448. The van der Waals surface area contributed by atoms with Crippen LogP contribution in [0, 0.1) is 0 Å². The van der Waals surface area contributed by atoms with Crippen LogP contribution in [0.2, 0.25) is 0 Å². The topological polar surface area (TPSA) is 60.8 Å². The number of aryl methyl sites for hydroxylation is 1. The van der Waals surface area contributed by atoms with Crippen LogP contribution in [-0.2, 0) is 28.8 Å². The molecule has 1 saturated heterocycles. The first kappa shape index (κ1) is 22.8. The summed E-state index contributed by atoms with van der Waals surface area (Å²) in [6.07, 6.45) is -4.67. The van der Waals surface area contributed by atoms with Crippen LogP contribution >= 0.6 is 0 Å². The molecule has 174 valence electrons. The number of rotatable bonds is 5. The lowest BCUT2D eigenvalue weighted by atomic mass is 9.92. The normalized spacial score (nSPS) is 18.6. The molecular formula is C24H23F3N2O4. The summed E-state index contributed by atoms with van der Waals surface area (Å²) in [6.45, 7) is 0.0342. The largest absolute Gasteiger partial charge is 0.489 e. The summed E-state index contributed by atoms with van der Waals surface area (Å²) in [5.41, 5.74) is 1.24. The number of nitrogens with zero attached hydrogens (tertiary/aromatic N) is 2. The van der Waals surface area contributed by atoms with E-state index in [1.54, 1.807) is 41.9 Å². The van der Waals surface area contributed by atoms with Crippen molar-refractivity contribution in [2.45, 2.75) is 24.8 Å². The van der Waals surface area contributed by atoms with Crippen molar-refractivity contribution < 1.29 is 27.4 Å². The summed E-state index contributed by atoms with van der Waals surface area (Å²) in [4.78, 5) is 24.2. The highest BCUT2D eigenvalue weighted by molar-refractivity contribution is 5.82. The summed E-state index contributed by atoms with van der Waals surface area (Å²) in [5, 5.41) is 0.908. The first-order chi connectivity index (χ1) is 15.6. The van der Waals surface area contributed by atoms with Crippen molar-refractivity contribution in [3.63, 3.8) is 0 Å². The minimum Gasteiger partial charge on any atom is -0.489 e. The van der Waals surface area contributed by atoms with E-state index in [1.807, 2.05) is 18.2 Å². The Morgan fingerprint density at radius 3 is 2.64 bits per heavy atom. The maximum Gasteiger partial charge on any atom is 0.471 e. The zero-order valence-electron chi connectivity index (χ0n) is 18.2. The van der Waals surface area contributed by atoms with E-state index in [0.29, 0.717) is 11.3 Å². The standard InChI is InChI=1S/C24H23F3N2O4/c1-28-20-8-6-16(12-17(20)7-9-21(28)30)14-33-19-5-3-4-18(13-19)23(32-2)10-11-29(15-23)22(31)24(25,26)27/h3-9,12-13H,10-11,14-15H2,1-2H3. The number of carbonyl (C=O) groups excluding carboxylic acids is 1. The van der Waals surface area contributed by atoms with E-state index in [9.17, 15) is 22.8 Å². The number of hydrogen-bond acceptors (Lipinski definition) is 4. The summed E-state index contributed by atoms with van der Waals surface area (Å²) in [7, 11) is 3.14. The zero-order chi connectivity index (χ0) is 23.8. The highest BCUT2D eigenvalue weighted by atomic mass is 19.4. The summed E-state index contributed by atoms with van der Waals surface area (Å²) >= 11 is 0. The predicted octanol–water partition coefficient (Wildman–Crippen LogP) is 3.75. The number of methoxy groups -OCH3 is 1. The monoisotopic (exact) mass is 460 g/mol. The van der Waals surface area contributed by atoms with Crippen LogP contribution in [0.5, 0.6) is 5.75 Å². The van der Waals surface area contributed by atoms with Gasteiger partial charge in [-0.2, -0.15) is 13.2 Å². The molecule has 3 aromatic rings. The summed E-state index contributed by atoms with van der Waals surface area (Å²) < 4.78 is 51.7. The molecule has 0 radical (unpaired) electrons. The summed E-state index contributed by atoms with van der Waals surface area (Å²) in [6, 6.07) is 15.9. The zero-order valence-corrected chi connectivity index (χ0v) is 18.2. The van der Waals surface area contributed by atoms with Crippen LogP contribution in [0.25, 0.3) is 10.9 Å². The van der Waals surface area contributed by atoms with Crippen LogP contribution in [0.3, 0.4) is 0 Å². The van der Waals surface area contributed by atoms with Crippen LogP contribution < -0.4 is 10.3 Å². The quantitative estimate of drug-likeness (QED) is 0.582. The molecular weight excluding hydrogens is 437 g/mol. The maximum absolute atomic E-state index is 12.9. The number of amides is 1. The number of ether oxygens (including phenoxy) is 2. The van der Waals surface area contributed by atoms with Crippen LogP contribution in [-0.4, -0.2) is 41.7 Å². The molecule has 1 atom stereocenters. The molecule has 4 rings (SSSR count). The minimum atomic E-state index is -4.92. The van der Waals surface area contributed by atoms with Gasteiger partial charge in [0.05, 0.1) is 12.1 Å². The third kappa shape index (κ3) is 4.45. The number of fused-ring (bicyclic) bond motifs is 1. The molecule has 1 fully saturated rings. The van der Waals surface area contributed by atoms with Crippen molar-refractivity contribution in [3.05, 3.63) is 76.1 Å². The number of aromatic nitrogens is 1. The molecule has 0 aliphatic carbocycles. The Morgan fingerprint density at radius 1 is 1.12 bits per heavy atom. The number of hydrogen-bond donors (Lipinski definition) is 0. The lowest BCUT2D eigenvalue weighted by Crippen LogP contribution is -2.42. The van der Waals surface area contributed by atoms with Crippen molar-refractivity contribution in [2.75, 3.05) is 20.2 Å². The number of halogens is 3. The Hall–Kier alpha value is -3.33. The molecule has 0 saturated carbocycles. The average molecular weight is 460 g/mol. The van der Waals surface area contributed by atoms with Gasteiger partial charge in [0.15, 0.2) is 0 Å². The molecule has 1 aromatic heterocycles. The Balaban J connectivity index is 1.51. The van der Waals surface area contributed by atoms with Crippen molar-refractivity contribution >= 4 is 16.8 Å². The van der Waals surface area contributed by atoms with E-state index in [-0.39, 0.29) is 31.7 Å². The van der Waals surface area contributed by atoms with Gasteiger partial charge >= 0.3 is 12.1 Å². The fourth-order valence-electron chi connectivity index (χ4n) is 4.21. The molecule has 0 bridgehead atoms. The number of pyridine rings is 1. The number of benzene rings is 2. The lowest BCUT2D eigenvalue weighted by Gasteiger charge is -2.29. The van der Waals surface area contributed by atoms with Crippen molar-refractivity contribution in [2.24, 2.45) is 7.05 Å². The van der Waals surface area contributed by atoms with Gasteiger partial charge in [-0.25, -0.2) is 0 Å². The molecule has 1 aliphatic heterocycles. The van der Waals surface area contributed by atoms with Gasteiger partial charge < -0.3 is 18.9 Å². The van der Waals surface area contributed by atoms with Gasteiger partial charge in [0.25, 0.3) is 5.56 Å². The predicted molar refractivity (Wildman–Crippen MR) is 116 cm³/mol. The second-order valence-corrected chi connectivity index (χ2v) is 8.11. The third-order valence-corrected chi connectivity index (χ3v) is 6.11. The Morgan fingerprint density at radius 2 is 1.91 bits per heavy atom. The van der Waals surface area contributed by atoms with E-state index in [2.05, 4.69) is 0 Å². The van der Waals surface area contributed by atoms with Crippen LogP contribution in [0.15, 0.2) is 59.4 Å². The second-order valence-electron chi connectivity index (χ2n) is 8.11. The first-order valence-corrected chi connectivity index (χ1v) is 10.4. The van der Waals surface area contributed by atoms with E-state index < -0.39 is 17.7 Å². The smallest absolute Gasteiger partial charge is 0.471 e. The van der Waals surface area contributed by atoms with E-state index in [0.717, 1.165) is 21.4 Å². The molecule has 6 nitrogen and oxygen atoms in total. The van der Waals surface area contributed by atoms with Gasteiger partial charge in [0.1, 0.15) is 18.0 Å². The fourth-order valence-corrected chi connectivity index (χ4v) is 4.21. The van der Waals surface area contributed by atoms with Crippen molar-refractivity contribution in [1.82, 2.24) is 9.47 Å². The summed E-state index contributed by atoms with van der Waals surface area (Å²) in [5.74, 6) is -1.33. The highest BCUT2D eigenvalue weighted by Gasteiger charge is 2.49. The molecule has 1 aliphatic rings. The van der Waals surface area contributed by atoms with Crippen LogP contribution in [0.1, 0.15) is 17.5 Å². The molecule has 33 heavy (non-hydrogen) atoms. The lowest BCUT2D eigenvalue weighted by molar-refractivity contribution is -0.185. The SMILES string of the molecule is COC1(c2cccc(OCc3ccc4c(ccc(=O)n4C)c3)c2)CCN(C(=O)C(F)(F)F)C1. The number of likely N-dealkylation sites (tertiary alicyclic amines) is 1. The van der Waals surface area contributed by atoms with Gasteiger partial charge in [-0.3, -0.25) is 9.59 Å².